The van der Waals surface area contributed by atoms with Crippen LogP contribution in [0.3, 0.4) is 0 Å². The summed E-state index contributed by atoms with van der Waals surface area (Å²) in [6, 6.07) is 48.9. The molecule has 0 unspecified atom stereocenters. The standard InChI is InChI=1S/C38H23NO2/c1-2-12-27(13-3-1)39-32-17-6-4-14-29(32)38-37(39)31-23-25(20-21-34(31)41-38)24-10-8-11-26(22-24)28-16-9-19-35-36(28)30-15-5-7-18-33(30)40-35/h1-23H. The number of aromatic nitrogens is 1. The van der Waals surface area contributed by atoms with Crippen LogP contribution in [0.25, 0.3) is 82.9 Å². The number of hydrogen-bond acceptors (Lipinski definition) is 2. The zero-order chi connectivity index (χ0) is 26.9. The van der Waals surface area contributed by atoms with Crippen molar-refractivity contribution in [1.82, 2.24) is 4.57 Å². The van der Waals surface area contributed by atoms with E-state index in [0.717, 1.165) is 77.3 Å². The molecule has 3 aromatic heterocycles. The van der Waals surface area contributed by atoms with E-state index in [1.54, 1.807) is 0 Å². The molecule has 0 aliphatic rings. The summed E-state index contributed by atoms with van der Waals surface area (Å²) in [5.74, 6) is 0. The average Bonchev–Trinajstić information content (AvgIpc) is 3.70. The topological polar surface area (TPSA) is 31.2 Å². The van der Waals surface area contributed by atoms with E-state index in [-0.39, 0.29) is 0 Å². The molecule has 0 aliphatic heterocycles. The third-order valence-corrected chi connectivity index (χ3v) is 8.20. The predicted octanol–water partition coefficient (Wildman–Crippen LogP) is 10.8. The lowest BCUT2D eigenvalue weighted by atomic mass is 9.95. The first-order valence-electron chi connectivity index (χ1n) is 13.9. The van der Waals surface area contributed by atoms with E-state index in [4.69, 9.17) is 8.83 Å². The Morgan fingerprint density at radius 1 is 0.439 bits per heavy atom. The van der Waals surface area contributed by atoms with E-state index in [1.165, 1.54) is 5.56 Å². The molecule has 0 N–H and O–H groups in total. The SMILES string of the molecule is c1ccc(-n2c3ccccc3c3oc4ccc(-c5cccc(-c6cccc7oc8ccccc8c67)c5)cc4c32)cc1. The highest BCUT2D eigenvalue weighted by molar-refractivity contribution is 6.17. The third kappa shape index (κ3) is 3.26. The van der Waals surface area contributed by atoms with Crippen molar-refractivity contribution in [2.45, 2.75) is 0 Å². The molecule has 0 fully saturated rings. The minimum absolute atomic E-state index is 0.889. The molecule has 41 heavy (non-hydrogen) atoms. The first-order chi connectivity index (χ1) is 20.3. The second-order valence-electron chi connectivity index (χ2n) is 10.5. The van der Waals surface area contributed by atoms with E-state index in [0.29, 0.717) is 0 Å². The summed E-state index contributed by atoms with van der Waals surface area (Å²) < 4.78 is 15.0. The van der Waals surface area contributed by atoms with Crippen molar-refractivity contribution >= 4 is 54.9 Å². The summed E-state index contributed by atoms with van der Waals surface area (Å²) in [5, 5.41) is 4.51. The Morgan fingerprint density at radius 2 is 1.15 bits per heavy atom. The number of hydrogen-bond donors (Lipinski definition) is 0. The molecule has 0 saturated heterocycles. The number of fused-ring (bicyclic) bond motifs is 8. The van der Waals surface area contributed by atoms with Crippen LogP contribution < -0.4 is 0 Å². The summed E-state index contributed by atoms with van der Waals surface area (Å²) in [6.45, 7) is 0. The molecular formula is C38H23NO2. The molecule has 0 atom stereocenters. The lowest BCUT2D eigenvalue weighted by Gasteiger charge is -2.09. The largest absolute Gasteiger partial charge is 0.456 e. The smallest absolute Gasteiger partial charge is 0.161 e. The van der Waals surface area contributed by atoms with Crippen LogP contribution in [0.1, 0.15) is 0 Å². The maximum Gasteiger partial charge on any atom is 0.161 e. The van der Waals surface area contributed by atoms with Gasteiger partial charge in [-0.2, -0.15) is 0 Å². The van der Waals surface area contributed by atoms with E-state index in [2.05, 4.69) is 126 Å². The number of benzene rings is 6. The summed E-state index contributed by atoms with van der Waals surface area (Å²) >= 11 is 0. The summed E-state index contributed by atoms with van der Waals surface area (Å²) in [4.78, 5) is 0. The van der Waals surface area contributed by atoms with Crippen LogP contribution >= 0.6 is 0 Å². The first kappa shape index (κ1) is 22.3. The van der Waals surface area contributed by atoms with Crippen LogP contribution in [-0.4, -0.2) is 4.57 Å². The molecule has 9 rings (SSSR count). The fraction of sp³-hybridized carbons (Fsp3) is 0. The molecule has 6 aromatic carbocycles. The van der Waals surface area contributed by atoms with Crippen molar-refractivity contribution in [3.05, 3.63) is 140 Å². The van der Waals surface area contributed by atoms with Gasteiger partial charge in [-0.3, -0.25) is 0 Å². The van der Waals surface area contributed by atoms with Gasteiger partial charge in [0, 0.05) is 27.2 Å². The zero-order valence-corrected chi connectivity index (χ0v) is 22.0. The van der Waals surface area contributed by atoms with E-state index < -0.39 is 0 Å². The van der Waals surface area contributed by atoms with Gasteiger partial charge in [-0.1, -0.05) is 84.9 Å². The number of nitrogens with zero attached hydrogens (tertiary/aromatic N) is 1. The van der Waals surface area contributed by atoms with Gasteiger partial charge < -0.3 is 13.4 Å². The van der Waals surface area contributed by atoms with Crippen molar-refractivity contribution in [3.8, 4) is 27.9 Å². The molecule has 0 bridgehead atoms. The van der Waals surface area contributed by atoms with Crippen molar-refractivity contribution in [2.75, 3.05) is 0 Å². The van der Waals surface area contributed by atoms with Crippen molar-refractivity contribution < 1.29 is 8.83 Å². The molecule has 0 saturated carbocycles. The predicted molar refractivity (Wildman–Crippen MR) is 169 cm³/mol. The van der Waals surface area contributed by atoms with Crippen LogP contribution in [0.15, 0.2) is 148 Å². The minimum atomic E-state index is 0.889. The summed E-state index contributed by atoms with van der Waals surface area (Å²) in [6.07, 6.45) is 0. The van der Waals surface area contributed by atoms with Crippen LogP contribution in [0.2, 0.25) is 0 Å². The fourth-order valence-electron chi connectivity index (χ4n) is 6.38. The van der Waals surface area contributed by atoms with Crippen LogP contribution in [0, 0.1) is 0 Å². The van der Waals surface area contributed by atoms with E-state index in [1.807, 2.05) is 18.2 Å². The van der Waals surface area contributed by atoms with Crippen molar-refractivity contribution in [2.24, 2.45) is 0 Å². The summed E-state index contributed by atoms with van der Waals surface area (Å²) in [7, 11) is 0. The van der Waals surface area contributed by atoms with Gasteiger partial charge in [0.25, 0.3) is 0 Å². The molecule has 3 nitrogen and oxygen atoms in total. The molecule has 3 heterocycles. The molecule has 3 heteroatoms. The Bertz CT molecular complexity index is 2420. The molecule has 0 amide bonds. The van der Waals surface area contributed by atoms with Gasteiger partial charge in [0.2, 0.25) is 0 Å². The molecule has 0 radical (unpaired) electrons. The first-order valence-corrected chi connectivity index (χ1v) is 13.9. The van der Waals surface area contributed by atoms with Crippen molar-refractivity contribution in [3.63, 3.8) is 0 Å². The van der Waals surface area contributed by atoms with Gasteiger partial charge in [-0.15, -0.1) is 0 Å². The highest BCUT2D eigenvalue weighted by atomic mass is 16.3. The Balaban J connectivity index is 1.26. The molecular weight excluding hydrogens is 502 g/mol. The number of rotatable bonds is 3. The monoisotopic (exact) mass is 525 g/mol. The Morgan fingerprint density at radius 3 is 2.07 bits per heavy atom. The van der Waals surface area contributed by atoms with Gasteiger partial charge in [0.1, 0.15) is 22.3 Å². The minimum Gasteiger partial charge on any atom is -0.456 e. The number of para-hydroxylation sites is 3. The third-order valence-electron chi connectivity index (χ3n) is 8.20. The maximum atomic E-state index is 6.50. The van der Waals surface area contributed by atoms with Gasteiger partial charge in [-0.05, 0) is 76.9 Å². The van der Waals surface area contributed by atoms with E-state index >= 15 is 0 Å². The Labute approximate surface area is 235 Å². The lowest BCUT2D eigenvalue weighted by Crippen LogP contribution is -1.92. The van der Waals surface area contributed by atoms with Gasteiger partial charge in [0.15, 0.2) is 5.58 Å². The lowest BCUT2D eigenvalue weighted by molar-refractivity contribution is 0.669. The highest BCUT2D eigenvalue weighted by Gasteiger charge is 2.20. The zero-order valence-electron chi connectivity index (χ0n) is 22.0. The fourth-order valence-corrected chi connectivity index (χ4v) is 6.38. The van der Waals surface area contributed by atoms with Gasteiger partial charge in [0.05, 0.1) is 5.52 Å². The maximum absolute atomic E-state index is 6.50. The van der Waals surface area contributed by atoms with Gasteiger partial charge >= 0.3 is 0 Å². The Hall–Kier alpha value is -5.54. The summed E-state index contributed by atoms with van der Waals surface area (Å²) in [5.41, 5.74) is 11.6. The molecule has 0 aliphatic carbocycles. The second kappa shape index (κ2) is 8.48. The highest BCUT2D eigenvalue weighted by Crippen LogP contribution is 2.41. The molecule has 0 spiro atoms. The number of furan rings is 2. The average molecular weight is 526 g/mol. The Kier molecular flexibility index (Phi) is 4.61. The second-order valence-corrected chi connectivity index (χ2v) is 10.5. The quantitative estimate of drug-likeness (QED) is 0.230. The van der Waals surface area contributed by atoms with Crippen LogP contribution in [0.4, 0.5) is 0 Å². The van der Waals surface area contributed by atoms with Gasteiger partial charge in [-0.25, -0.2) is 0 Å². The normalized spacial score (nSPS) is 11.9. The van der Waals surface area contributed by atoms with E-state index in [9.17, 15) is 0 Å². The van der Waals surface area contributed by atoms with Crippen molar-refractivity contribution in [1.29, 1.82) is 0 Å². The van der Waals surface area contributed by atoms with Crippen LogP contribution in [0.5, 0.6) is 0 Å². The molecule has 9 aromatic rings. The molecule has 192 valence electrons. The van der Waals surface area contributed by atoms with Crippen LogP contribution in [-0.2, 0) is 0 Å².